The van der Waals surface area contributed by atoms with E-state index in [-0.39, 0.29) is 34.0 Å². The standard InChI is InChI=1S/C33H53BClN3O6/c1-10-17-27(30(44-9)21-29(25(8)35)37-33(34,42)43)31(39)36-28(13-4)24(7)22-38(20-11-2)32(40,41)26(12-3)19-16-14-15-18-23(5)6/h15,18-19,21,24,28,37,40-43H,5,8,11-14,16,20,22,34H2,1-4,6-7,9H3,(H,36,39)/b18-15?,26-19?,29-21+,30-27-/t24-,28+/m0/s1. The summed E-state index contributed by atoms with van der Waals surface area (Å²) in [5.74, 6) is 0.351. The molecule has 0 radical (unpaired) electrons. The normalized spacial score (nSPS) is 14.8. The maximum atomic E-state index is 13.5. The fourth-order valence-corrected chi connectivity index (χ4v) is 4.62. The largest absolute Gasteiger partial charge is 0.495 e. The molecule has 0 rings (SSSR count). The van der Waals surface area contributed by atoms with Gasteiger partial charge in [0.25, 0.3) is 5.91 Å². The lowest BCUT2D eigenvalue weighted by atomic mass is 9.96. The molecule has 0 saturated carbocycles. The second kappa shape index (κ2) is 20.3. The molecular weight excluding hydrogens is 581 g/mol. The predicted molar refractivity (Wildman–Crippen MR) is 181 cm³/mol. The number of unbranched alkanes of at least 4 members (excludes halogenated alkanes) is 1. The molecule has 2 atom stereocenters. The zero-order valence-electron chi connectivity index (χ0n) is 27.8. The fraction of sp³-hybridized carbons (Fsp3) is 0.545. The maximum absolute atomic E-state index is 13.5. The molecule has 0 fully saturated rings. The smallest absolute Gasteiger partial charge is 0.263 e. The number of aliphatic hydroxyl groups is 4. The highest BCUT2D eigenvalue weighted by atomic mass is 35.5. The van der Waals surface area contributed by atoms with Gasteiger partial charge in [-0.25, -0.2) is 4.90 Å². The van der Waals surface area contributed by atoms with Gasteiger partial charge in [-0.2, -0.15) is 0 Å². The van der Waals surface area contributed by atoms with Gasteiger partial charge in [0.1, 0.15) is 11.3 Å². The van der Waals surface area contributed by atoms with Crippen LogP contribution in [0.4, 0.5) is 0 Å². The molecule has 0 unspecified atom stereocenters. The number of carbonyl (C=O) groups is 1. The van der Waals surface area contributed by atoms with Crippen molar-refractivity contribution in [2.75, 3.05) is 20.2 Å². The summed E-state index contributed by atoms with van der Waals surface area (Å²) < 4.78 is 5.44. The van der Waals surface area contributed by atoms with E-state index in [9.17, 15) is 25.2 Å². The molecule has 9 nitrogen and oxygen atoms in total. The topological polar surface area (TPSA) is 135 Å². The number of hydrogen-bond donors (Lipinski definition) is 6. The van der Waals surface area contributed by atoms with Crippen LogP contribution in [0.3, 0.4) is 0 Å². The summed E-state index contributed by atoms with van der Waals surface area (Å²) in [5, 5.41) is 47.6. The summed E-state index contributed by atoms with van der Waals surface area (Å²) in [6, 6.07) is -0.353. The lowest BCUT2D eigenvalue weighted by Gasteiger charge is -2.39. The van der Waals surface area contributed by atoms with Crippen molar-refractivity contribution in [1.29, 1.82) is 0 Å². The number of methoxy groups -OCH3 is 1. The van der Waals surface area contributed by atoms with Crippen LogP contribution in [0.25, 0.3) is 0 Å². The number of amides is 1. The lowest BCUT2D eigenvalue weighted by molar-refractivity contribution is -0.240. The Morgan fingerprint density at radius 3 is 2.27 bits per heavy atom. The molecule has 0 aromatic heterocycles. The van der Waals surface area contributed by atoms with E-state index in [1.165, 1.54) is 13.2 Å². The van der Waals surface area contributed by atoms with Crippen molar-refractivity contribution < 1.29 is 30.0 Å². The molecule has 6 N–H and O–H groups in total. The van der Waals surface area contributed by atoms with E-state index < -0.39 is 17.6 Å². The quantitative estimate of drug-likeness (QED) is 0.0175. The molecule has 0 bridgehead atoms. The third kappa shape index (κ3) is 14.8. The molecule has 44 heavy (non-hydrogen) atoms. The van der Waals surface area contributed by atoms with E-state index in [4.69, 9.17) is 16.3 Å². The number of allylic oxidation sites excluding steroid dienone is 6. The first kappa shape index (κ1) is 41.2. The van der Waals surface area contributed by atoms with Crippen LogP contribution in [0.5, 0.6) is 0 Å². The Morgan fingerprint density at radius 2 is 1.82 bits per heavy atom. The van der Waals surface area contributed by atoms with E-state index in [0.29, 0.717) is 44.3 Å². The Bertz CT molecular complexity index is 1160. The summed E-state index contributed by atoms with van der Waals surface area (Å²) in [6.45, 7) is 19.4. The summed E-state index contributed by atoms with van der Waals surface area (Å²) in [5.41, 5.74) is 1.49. The van der Waals surface area contributed by atoms with Gasteiger partial charge in [-0.05, 0) is 51.9 Å². The number of halogens is 1. The first-order chi connectivity index (χ1) is 20.5. The van der Waals surface area contributed by atoms with Gasteiger partial charge >= 0.3 is 0 Å². The molecule has 0 aliphatic heterocycles. The van der Waals surface area contributed by atoms with Gasteiger partial charge in [0, 0.05) is 30.8 Å². The molecule has 0 aliphatic rings. The van der Waals surface area contributed by atoms with Crippen LogP contribution in [-0.4, -0.2) is 77.0 Å². The Balaban J connectivity index is 6.22. The van der Waals surface area contributed by atoms with Crippen LogP contribution in [-0.2, 0) is 9.53 Å². The zero-order valence-corrected chi connectivity index (χ0v) is 28.5. The van der Waals surface area contributed by atoms with Crippen molar-refractivity contribution in [2.24, 2.45) is 5.92 Å². The summed E-state index contributed by atoms with van der Waals surface area (Å²) in [6.07, 6.45) is 10.3. The molecule has 0 spiro atoms. The highest BCUT2D eigenvalue weighted by Crippen LogP contribution is 2.26. The second-order valence-corrected chi connectivity index (χ2v) is 11.3. The van der Waals surface area contributed by atoms with Crippen LogP contribution >= 0.6 is 11.6 Å². The molecule has 11 heteroatoms. The predicted octanol–water partition coefficient (Wildman–Crippen LogP) is 3.50. The van der Waals surface area contributed by atoms with E-state index in [2.05, 4.69) is 35.6 Å². The summed E-state index contributed by atoms with van der Waals surface area (Å²) in [7, 11) is 2.45. The Kier molecular flexibility index (Phi) is 19.0. The van der Waals surface area contributed by atoms with Gasteiger partial charge in [0.2, 0.25) is 13.8 Å². The molecule has 246 valence electrons. The molecule has 0 saturated heterocycles. The number of hydrogen-bond acceptors (Lipinski definition) is 8. The first-order valence-electron chi connectivity index (χ1n) is 15.0. The number of carbonyl (C=O) groups excluding carboxylic acids is 1. The molecular formula is C33H53BClN3O6. The Morgan fingerprint density at radius 1 is 1.18 bits per heavy atom. The maximum Gasteiger partial charge on any atom is 0.263 e. The van der Waals surface area contributed by atoms with Crippen molar-refractivity contribution in [2.45, 2.75) is 91.4 Å². The van der Waals surface area contributed by atoms with Crippen molar-refractivity contribution in [3.05, 3.63) is 70.7 Å². The first-order valence-corrected chi connectivity index (χ1v) is 15.4. The third-order valence-corrected chi connectivity index (χ3v) is 6.91. The third-order valence-electron chi connectivity index (χ3n) is 6.71. The Hall–Kier alpha value is -2.78. The molecule has 0 heterocycles. The molecule has 0 aliphatic carbocycles. The number of rotatable bonds is 20. The minimum atomic E-state index is -2.31. The fourth-order valence-electron chi connectivity index (χ4n) is 4.52. The number of nitrogens with zero attached hydrogens (tertiary/aromatic N) is 1. The average molecular weight is 634 g/mol. The molecule has 1 amide bonds. The van der Waals surface area contributed by atoms with Crippen LogP contribution in [0.15, 0.2) is 70.7 Å². The van der Waals surface area contributed by atoms with E-state index in [1.807, 2.05) is 52.8 Å². The van der Waals surface area contributed by atoms with Gasteiger partial charge in [-0.1, -0.05) is 82.2 Å². The monoisotopic (exact) mass is 633 g/mol. The number of nitrogens with one attached hydrogen (secondary N) is 2. The molecule has 0 aromatic carbocycles. The van der Waals surface area contributed by atoms with Crippen molar-refractivity contribution in [3.63, 3.8) is 0 Å². The SMILES string of the molecule is BC(O)(O)N/C(=C/C(OC)=C(\C#CC)C(=O)N[C@H](CC)[C@@H](C)CN(CCC)C(O)(O)C(=CCCC=CC(=C)C)CC)C(=C)Cl. The van der Waals surface area contributed by atoms with Crippen LogP contribution < -0.4 is 10.6 Å². The van der Waals surface area contributed by atoms with Crippen molar-refractivity contribution in [3.8, 4) is 11.8 Å². The van der Waals surface area contributed by atoms with Gasteiger partial charge in [-0.3, -0.25) is 4.79 Å². The van der Waals surface area contributed by atoms with Gasteiger partial charge < -0.3 is 35.8 Å². The number of ether oxygens (including phenoxy) is 1. The van der Waals surface area contributed by atoms with Crippen molar-refractivity contribution >= 4 is 25.4 Å². The summed E-state index contributed by atoms with van der Waals surface area (Å²) in [4.78, 5) is 15.2. The zero-order chi connectivity index (χ0) is 34.1. The minimum Gasteiger partial charge on any atom is -0.495 e. The van der Waals surface area contributed by atoms with Crippen LogP contribution in [0.2, 0.25) is 0 Å². The Labute approximate surface area is 270 Å². The highest BCUT2D eigenvalue weighted by molar-refractivity contribution is 6.31. The van der Waals surface area contributed by atoms with Gasteiger partial charge in [0.05, 0.1) is 17.8 Å². The van der Waals surface area contributed by atoms with E-state index in [1.54, 1.807) is 11.8 Å². The molecule has 0 aromatic rings. The summed E-state index contributed by atoms with van der Waals surface area (Å²) >= 11 is 6.04. The van der Waals surface area contributed by atoms with Crippen LogP contribution in [0, 0.1) is 17.8 Å². The van der Waals surface area contributed by atoms with Gasteiger partial charge in [-0.15, -0.1) is 5.92 Å². The average Bonchev–Trinajstić information content (AvgIpc) is 2.93. The lowest BCUT2D eigenvalue weighted by Crippen LogP contribution is -2.54. The van der Waals surface area contributed by atoms with E-state index >= 15 is 0 Å². The van der Waals surface area contributed by atoms with Gasteiger partial charge in [0.15, 0.2) is 5.81 Å². The highest BCUT2D eigenvalue weighted by Gasteiger charge is 2.36. The van der Waals surface area contributed by atoms with Crippen molar-refractivity contribution in [1.82, 2.24) is 15.5 Å². The van der Waals surface area contributed by atoms with E-state index in [0.717, 1.165) is 19.8 Å². The second-order valence-electron chi connectivity index (χ2n) is 10.9. The van der Waals surface area contributed by atoms with Crippen LogP contribution in [0.1, 0.15) is 73.6 Å². The minimum absolute atomic E-state index is 0.00331.